The number of ether oxygens (including phenoxy) is 1. The molecule has 2 heterocycles. The smallest absolute Gasteiger partial charge is 0.234 e. The summed E-state index contributed by atoms with van der Waals surface area (Å²) in [6.07, 6.45) is 3.72. The number of benzene rings is 1. The summed E-state index contributed by atoms with van der Waals surface area (Å²) in [5.41, 5.74) is 3.09. The van der Waals surface area contributed by atoms with Gasteiger partial charge in [0.05, 0.1) is 23.0 Å². The number of halogens is 1. The number of hydrogen-bond donors (Lipinski definition) is 0. The molecule has 0 saturated heterocycles. The minimum Gasteiger partial charge on any atom is -0.497 e. The van der Waals surface area contributed by atoms with E-state index in [2.05, 4.69) is 25.9 Å². The largest absolute Gasteiger partial charge is 0.497 e. The first kappa shape index (κ1) is 12.2. The van der Waals surface area contributed by atoms with E-state index in [0.717, 1.165) is 27.2 Å². The minimum absolute atomic E-state index is 0.700. The number of imidazole rings is 1. The van der Waals surface area contributed by atoms with Crippen LogP contribution in [0.25, 0.3) is 17.0 Å². The highest BCUT2D eigenvalue weighted by atomic mass is 79.9. The van der Waals surface area contributed by atoms with Crippen molar-refractivity contribution in [2.45, 2.75) is 6.92 Å². The fourth-order valence-electron chi connectivity index (χ4n) is 2.12. The van der Waals surface area contributed by atoms with Gasteiger partial charge >= 0.3 is 0 Å². The number of methoxy groups -OCH3 is 1. The van der Waals surface area contributed by atoms with Crippen molar-refractivity contribution in [2.24, 2.45) is 0 Å². The average molecular weight is 318 g/mol. The van der Waals surface area contributed by atoms with Gasteiger partial charge in [-0.1, -0.05) is 0 Å². The van der Waals surface area contributed by atoms with Gasteiger partial charge in [-0.3, -0.25) is 4.40 Å². The Hall–Kier alpha value is -1.88. The zero-order valence-electron chi connectivity index (χ0n) is 10.6. The molecule has 0 bridgehead atoms. The minimum atomic E-state index is 0.700. The maximum atomic E-state index is 5.18. The number of aromatic nitrogens is 3. The summed E-state index contributed by atoms with van der Waals surface area (Å²) in [7, 11) is 1.66. The number of rotatable bonds is 2. The molecule has 3 aromatic rings. The maximum Gasteiger partial charge on any atom is 0.234 e. The standard InChI is InChI=1S/C14H12BrN3O/c1-9-13(10-3-5-12(19-2)6-4-10)18-8-11(15)7-16-14(18)17-9/h3-8H,1-2H3. The van der Waals surface area contributed by atoms with E-state index in [-0.39, 0.29) is 0 Å². The van der Waals surface area contributed by atoms with Crippen LogP contribution in [0, 0.1) is 6.92 Å². The van der Waals surface area contributed by atoms with Crippen molar-refractivity contribution in [2.75, 3.05) is 7.11 Å². The molecule has 0 aliphatic rings. The molecule has 0 N–H and O–H groups in total. The third-order valence-corrected chi connectivity index (χ3v) is 3.40. The molecule has 0 saturated carbocycles. The van der Waals surface area contributed by atoms with Crippen molar-refractivity contribution in [3.63, 3.8) is 0 Å². The van der Waals surface area contributed by atoms with Gasteiger partial charge in [0, 0.05) is 18.0 Å². The molecule has 0 unspecified atom stereocenters. The average Bonchev–Trinajstić information content (AvgIpc) is 2.74. The Morgan fingerprint density at radius 3 is 2.63 bits per heavy atom. The van der Waals surface area contributed by atoms with Crippen molar-refractivity contribution < 1.29 is 4.74 Å². The number of fused-ring (bicyclic) bond motifs is 1. The molecule has 1 aromatic carbocycles. The molecule has 3 rings (SSSR count). The number of nitrogens with zero attached hydrogens (tertiary/aromatic N) is 3. The van der Waals surface area contributed by atoms with Crippen LogP contribution in [0.15, 0.2) is 41.1 Å². The van der Waals surface area contributed by atoms with Gasteiger partial charge < -0.3 is 4.74 Å². The summed E-state index contributed by atoms with van der Waals surface area (Å²) < 4.78 is 8.09. The predicted octanol–water partition coefficient (Wildman–Crippen LogP) is 3.48. The molecule has 96 valence electrons. The van der Waals surface area contributed by atoms with E-state index in [1.807, 2.05) is 41.8 Å². The lowest BCUT2D eigenvalue weighted by Gasteiger charge is -2.05. The molecule has 2 aromatic heterocycles. The second-order valence-corrected chi connectivity index (χ2v) is 5.13. The normalized spacial score (nSPS) is 10.9. The van der Waals surface area contributed by atoms with Crippen LogP contribution >= 0.6 is 15.9 Å². The van der Waals surface area contributed by atoms with Crippen molar-refractivity contribution in [3.8, 4) is 17.0 Å². The van der Waals surface area contributed by atoms with E-state index in [4.69, 9.17) is 4.74 Å². The van der Waals surface area contributed by atoms with Crippen LogP contribution in [0.1, 0.15) is 5.69 Å². The van der Waals surface area contributed by atoms with E-state index >= 15 is 0 Å². The Bertz CT molecular complexity index is 734. The molecule has 0 fully saturated rings. The Morgan fingerprint density at radius 2 is 1.95 bits per heavy atom. The fourth-order valence-corrected chi connectivity index (χ4v) is 2.42. The molecule has 0 atom stereocenters. The molecular formula is C14H12BrN3O. The molecule has 19 heavy (non-hydrogen) atoms. The second kappa shape index (κ2) is 4.66. The quantitative estimate of drug-likeness (QED) is 0.726. The molecule has 0 aliphatic carbocycles. The van der Waals surface area contributed by atoms with Gasteiger partial charge in [0.1, 0.15) is 5.75 Å². The van der Waals surface area contributed by atoms with E-state index in [9.17, 15) is 0 Å². The Kier molecular flexibility index (Phi) is 2.98. The second-order valence-electron chi connectivity index (χ2n) is 4.22. The van der Waals surface area contributed by atoms with Crippen LogP contribution in [-0.4, -0.2) is 21.5 Å². The van der Waals surface area contributed by atoms with Gasteiger partial charge in [0.25, 0.3) is 0 Å². The zero-order chi connectivity index (χ0) is 13.4. The van der Waals surface area contributed by atoms with E-state index < -0.39 is 0 Å². The molecule has 0 spiro atoms. The SMILES string of the molecule is COc1ccc(-c2c(C)nc3ncc(Br)cn23)cc1. The van der Waals surface area contributed by atoms with Crippen LogP contribution < -0.4 is 4.74 Å². The summed E-state index contributed by atoms with van der Waals surface area (Å²) in [6, 6.07) is 7.94. The van der Waals surface area contributed by atoms with E-state index in [1.54, 1.807) is 13.3 Å². The summed E-state index contributed by atoms with van der Waals surface area (Å²) in [6.45, 7) is 1.99. The van der Waals surface area contributed by atoms with E-state index in [0.29, 0.717) is 5.78 Å². The number of hydrogen-bond acceptors (Lipinski definition) is 3. The Labute approximate surface area is 119 Å². The van der Waals surface area contributed by atoms with Gasteiger partial charge in [0.15, 0.2) is 0 Å². The topological polar surface area (TPSA) is 39.4 Å². The van der Waals surface area contributed by atoms with Crippen molar-refractivity contribution in [1.29, 1.82) is 0 Å². The molecule has 0 radical (unpaired) electrons. The first-order valence-electron chi connectivity index (χ1n) is 5.83. The molecule has 0 amide bonds. The lowest BCUT2D eigenvalue weighted by atomic mass is 10.1. The van der Waals surface area contributed by atoms with Gasteiger partial charge in [-0.15, -0.1) is 0 Å². The maximum absolute atomic E-state index is 5.18. The van der Waals surface area contributed by atoms with E-state index in [1.165, 1.54) is 0 Å². The highest BCUT2D eigenvalue weighted by Crippen LogP contribution is 2.26. The Balaban J connectivity index is 2.22. The monoisotopic (exact) mass is 317 g/mol. The van der Waals surface area contributed by atoms with Gasteiger partial charge in [-0.25, -0.2) is 9.97 Å². The highest BCUT2D eigenvalue weighted by Gasteiger charge is 2.11. The van der Waals surface area contributed by atoms with Crippen molar-refractivity contribution >= 4 is 21.7 Å². The predicted molar refractivity (Wildman–Crippen MR) is 77.4 cm³/mol. The summed E-state index contributed by atoms with van der Waals surface area (Å²) in [5.74, 6) is 1.54. The van der Waals surface area contributed by atoms with Gasteiger partial charge in [0.2, 0.25) is 5.78 Å². The lowest BCUT2D eigenvalue weighted by Crippen LogP contribution is -1.91. The third kappa shape index (κ3) is 2.10. The Morgan fingerprint density at radius 1 is 1.21 bits per heavy atom. The fraction of sp³-hybridized carbons (Fsp3) is 0.143. The van der Waals surface area contributed by atoms with Crippen LogP contribution in [0.5, 0.6) is 5.75 Å². The molecule has 4 nitrogen and oxygen atoms in total. The summed E-state index contributed by atoms with van der Waals surface area (Å²) in [4.78, 5) is 8.77. The molecule has 5 heteroatoms. The van der Waals surface area contributed by atoms with Gasteiger partial charge in [-0.2, -0.15) is 0 Å². The van der Waals surface area contributed by atoms with Gasteiger partial charge in [-0.05, 0) is 47.1 Å². The first-order chi connectivity index (χ1) is 9.19. The molecular weight excluding hydrogens is 306 g/mol. The third-order valence-electron chi connectivity index (χ3n) is 2.99. The zero-order valence-corrected chi connectivity index (χ0v) is 12.2. The van der Waals surface area contributed by atoms with Crippen molar-refractivity contribution in [3.05, 3.63) is 46.8 Å². The highest BCUT2D eigenvalue weighted by molar-refractivity contribution is 9.10. The molecule has 0 aliphatic heterocycles. The van der Waals surface area contributed by atoms with Crippen molar-refractivity contribution in [1.82, 2.24) is 14.4 Å². The van der Waals surface area contributed by atoms with Crippen LogP contribution in [-0.2, 0) is 0 Å². The van der Waals surface area contributed by atoms with Crippen LogP contribution in [0.2, 0.25) is 0 Å². The van der Waals surface area contributed by atoms with Crippen LogP contribution in [0.4, 0.5) is 0 Å². The first-order valence-corrected chi connectivity index (χ1v) is 6.63. The number of aryl methyl sites for hydroxylation is 1. The lowest BCUT2D eigenvalue weighted by molar-refractivity contribution is 0.415. The summed E-state index contributed by atoms with van der Waals surface area (Å²) >= 11 is 3.44. The summed E-state index contributed by atoms with van der Waals surface area (Å²) in [5, 5.41) is 0. The van der Waals surface area contributed by atoms with Crippen LogP contribution in [0.3, 0.4) is 0 Å².